The van der Waals surface area contributed by atoms with E-state index in [1.54, 1.807) is 36.4 Å². The van der Waals surface area contributed by atoms with Gasteiger partial charge in [0.25, 0.3) is 5.91 Å². The molecular weight excluding hydrogens is 428 g/mol. The molecule has 0 spiro atoms. The molecular formula is C28H40N2O4. The second kappa shape index (κ2) is 16.6. The first kappa shape index (κ1) is 27.2. The summed E-state index contributed by atoms with van der Waals surface area (Å²) in [5.74, 6) is -0.166. The van der Waals surface area contributed by atoms with Crippen molar-refractivity contribution in [1.82, 2.24) is 0 Å². The number of unbranched alkanes of at least 4 members (excludes halogenated alkanes) is 11. The van der Waals surface area contributed by atoms with Gasteiger partial charge >= 0.3 is 6.09 Å². The number of phenols is 1. The largest absolute Gasteiger partial charge is 0.508 e. The number of carbonyl (C=O) groups is 2. The van der Waals surface area contributed by atoms with Gasteiger partial charge < -0.3 is 15.2 Å². The molecule has 0 fully saturated rings. The third-order valence-corrected chi connectivity index (χ3v) is 5.75. The van der Waals surface area contributed by atoms with Crippen LogP contribution in [-0.2, 0) is 4.74 Å². The van der Waals surface area contributed by atoms with Crippen LogP contribution in [0.4, 0.5) is 16.2 Å². The topological polar surface area (TPSA) is 87.7 Å². The summed E-state index contributed by atoms with van der Waals surface area (Å²) in [4.78, 5) is 24.2. The fourth-order valence-electron chi connectivity index (χ4n) is 3.71. The predicted molar refractivity (Wildman–Crippen MR) is 139 cm³/mol. The molecule has 0 aliphatic rings. The molecule has 0 saturated carbocycles. The summed E-state index contributed by atoms with van der Waals surface area (Å²) in [7, 11) is 0. The van der Waals surface area contributed by atoms with Crippen LogP contribution in [0.2, 0.25) is 0 Å². The Morgan fingerprint density at radius 2 is 1.15 bits per heavy atom. The molecule has 186 valence electrons. The van der Waals surface area contributed by atoms with Crippen molar-refractivity contribution in [3.8, 4) is 5.75 Å². The van der Waals surface area contributed by atoms with E-state index in [4.69, 9.17) is 4.74 Å². The van der Waals surface area contributed by atoms with Crippen LogP contribution in [0.1, 0.15) is 94.3 Å². The van der Waals surface area contributed by atoms with Gasteiger partial charge in [0, 0.05) is 16.9 Å². The van der Waals surface area contributed by atoms with Gasteiger partial charge in [0.2, 0.25) is 0 Å². The Kier molecular flexibility index (Phi) is 13.3. The molecule has 3 N–H and O–H groups in total. The molecule has 0 aromatic heterocycles. The lowest BCUT2D eigenvalue weighted by Crippen LogP contribution is -2.15. The van der Waals surface area contributed by atoms with Crippen LogP contribution in [0.25, 0.3) is 0 Å². The van der Waals surface area contributed by atoms with E-state index in [1.807, 2.05) is 0 Å². The number of aromatic hydroxyl groups is 1. The molecule has 0 saturated heterocycles. The highest BCUT2D eigenvalue weighted by atomic mass is 16.5. The highest BCUT2D eigenvalue weighted by Gasteiger charge is 2.07. The minimum Gasteiger partial charge on any atom is -0.508 e. The average molecular weight is 469 g/mol. The first-order valence-corrected chi connectivity index (χ1v) is 12.7. The lowest BCUT2D eigenvalue weighted by atomic mass is 10.1. The Balaban J connectivity index is 1.51. The number of anilines is 2. The molecule has 2 aromatic rings. The number of carbonyl (C=O) groups excluding carboxylic acids is 2. The number of phenolic OH excluding ortho intramolecular Hbond substituents is 1. The van der Waals surface area contributed by atoms with Crippen molar-refractivity contribution in [2.24, 2.45) is 0 Å². The molecule has 2 aromatic carbocycles. The summed E-state index contributed by atoms with van der Waals surface area (Å²) < 4.78 is 5.26. The van der Waals surface area contributed by atoms with E-state index >= 15 is 0 Å². The number of hydrogen-bond donors (Lipinski definition) is 3. The summed E-state index contributed by atoms with van der Waals surface area (Å²) in [6, 6.07) is 12.9. The summed E-state index contributed by atoms with van der Waals surface area (Å²) in [5, 5.41) is 14.8. The normalized spacial score (nSPS) is 10.6. The number of nitrogens with one attached hydrogen (secondary N) is 2. The monoisotopic (exact) mass is 468 g/mol. The molecule has 34 heavy (non-hydrogen) atoms. The minimum atomic E-state index is -0.469. The zero-order valence-electron chi connectivity index (χ0n) is 20.5. The smallest absolute Gasteiger partial charge is 0.411 e. The van der Waals surface area contributed by atoms with Crippen LogP contribution in [0.5, 0.6) is 5.75 Å². The number of benzene rings is 2. The van der Waals surface area contributed by atoms with Crippen LogP contribution < -0.4 is 10.6 Å². The van der Waals surface area contributed by atoms with Gasteiger partial charge in [0.05, 0.1) is 6.61 Å². The van der Waals surface area contributed by atoms with Crippen molar-refractivity contribution in [2.45, 2.75) is 84.0 Å². The Labute approximate surface area is 204 Å². The van der Waals surface area contributed by atoms with Crippen molar-refractivity contribution in [1.29, 1.82) is 0 Å². The third kappa shape index (κ3) is 11.7. The van der Waals surface area contributed by atoms with E-state index in [2.05, 4.69) is 17.6 Å². The van der Waals surface area contributed by atoms with Crippen LogP contribution in [0.3, 0.4) is 0 Å². The highest BCUT2D eigenvalue weighted by Crippen LogP contribution is 2.16. The molecule has 0 unspecified atom stereocenters. The van der Waals surface area contributed by atoms with Crippen molar-refractivity contribution in [2.75, 3.05) is 17.2 Å². The number of rotatable bonds is 16. The molecule has 0 aliphatic carbocycles. The zero-order chi connectivity index (χ0) is 24.4. The standard InChI is InChI=1S/C28H40N2O4/c1-2-3-4-5-6-7-8-9-10-11-12-13-22-34-28(33)30-25-18-16-24(17-19-25)29-27(32)23-14-20-26(31)21-15-23/h14-21,31H,2-13,22H2,1H3,(H,29,32)(H,30,33). The van der Waals surface area contributed by atoms with Gasteiger partial charge in [-0.2, -0.15) is 0 Å². The first-order chi connectivity index (χ1) is 16.6. The first-order valence-electron chi connectivity index (χ1n) is 12.7. The van der Waals surface area contributed by atoms with Crippen LogP contribution >= 0.6 is 0 Å². The number of hydrogen-bond acceptors (Lipinski definition) is 4. The molecule has 0 bridgehead atoms. The molecule has 6 heteroatoms. The predicted octanol–water partition coefficient (Wildman–Crippen LogP) is 7.89. The maximum Gasteiger partial charge on any atom is 0.411 e. The van der Waals surface area contributed by atoms with Gasteiger partial charge in [-0.3, -0.25) is 10.1 Å². The maximum atomic E-state index is 12.2. The Morgan fingerprint density at radius 3 is 1.68 bits per heavy atom. The van der Waals surface area contributed by atoms with Gasteiger partial charge in [-0.15, -0.1) is 0 Å². The fraction of sp³-hybridized carbons (Fsp3) is 0.500. The van der Waals surface area contributed by atoms with E-state index in [9.17, 15) is 14.7 Å². The molecule has 0 aliphatic heterocycles. The van der Waals surface area contributed by atoms with Crippen molar-refractivity contribution >= 4 is 23.4 Å². The van der Waals surface area contributed by atoms with Gasteiger partial charge in [-0.1, -0.05) is 77.6 Å². The maximum absolute atomic E-state index is 12.2. The third-order valence-electron chi connectivity index (χ3n) is 5.75. The zero-order valence-corrected chi connectivity index (χ0v) is 20.5. The fourth-order valence-corrected chi connectivity index (χ4v) is 3.71. The van der Waals surface area contributed by atoms with E-state index < -0.39 is 6.09 Å². The lowest BCUT2D eigenvalue weighted by Gasteiger charge is -2.09. The Bertz CT molecular complexity index is 834. The summed E-state index contributed by atoms with van der Waals surface area (Å²) in [6.07, 6.45) is 14.8. The van der Waals surface area contributed by atoms with Crippen LogP contribution in [0.15, 0.2) is 48.5 Å². The second-order valence-electron chi connectivity index (χ2n) is 8.73. The van der Waals surface area contributed by atoms with Gasteiger partial charge in [0.1, 0.15) is 5.75 Å². The minimum absolute atomic E-state index is 0.109. The van der Waals surface area contributed by atoms with Crippen LogP contribution in [0, 0.1) is 0 Å². The Morgan fingerprint density at radius 1 is 0.676 bits per heavy atom. The van der Waals surface area contributed by atoms with E-state index in [-0.39, 0.29) is 11.7 Å². The number of ether oxygens (including phenoxy) is 1. The van der Waals surface area contributed by atoms with E-state index in [0.29, 0.717) is 23.5 Å². The summed E-state index contributed by atoms with van der Waals surface area (Å²) in [6.45, 7) is 2.67. The molecule has 2 rings (SSSR count). The van der Waals surface area contributed by atoms with E-state index in [0.717, 1.165) is 12.8 Å². The molecule has 0 radical (unpaired) electrons. The molecule has 6 nitrogen and oxygen atoms in total. The van der Waals surface area contributed by atoms with Gasteiger partial charge in [0.15, 0.2) is 0 Å². The van der Waals surface area contributed by atoms with Crippen molar-refractivity contribution < 1.29 is 19.4 Å². The van der Waals surface area contributed by atoms with Crippen molar-refractivity contribution in [3.05, 3.63) is 54.1 Å². The molecule has 0 heterocycles. The summed E-state index contributed by atoms with van der Waals surface area (Å²) in [5.41, 5.74) is 1.65. The van der Waals surface area contributed by atoms with Crippen molar-refractivity contribution in [3.63, 3.8) is 0 Å². The van der Waals surface area contributed by atoms with E-state index in [1.165, 1.54) is 76.3 Å². The second-order valence-corrected chi connectivity index (χ2v) is 8.73. The SMILES string of the molecule is CCCCCCCCCCCCCCOC(=O)Nc1ccc(NC(=O)c2ccc(O)cc2)cc1. The average Bonchev–Trinajstić information content (AvgIpc) is 2.83. The lowest BCUT2D eigenvalue weighted by molar-refractivity contribution is 0.102. The Hall–Kier alpha value is -3.02. The quantitative estimate of drug-likeness (QED) is 0.219. The highest BCUT2D eigenvalue weighted by molar-refractivity contribution is 6.04. The summed E-state index contributed by atoms with van der Waals surface area (Å²) >= 11 is 0. The molecule has 2 amide bonds. The molecule has 0 atom stereocenters. The number of amides is 2. The van der Waals surface area contributed by atoms with Gasteiger partial charge in [-0.25, -0.2) is 4.79 Å². The van der Waals surface area contributed by atoms with Gasteiger partial charge in [-0.05, 0) is 55.0 Å². The van der Waals surface area contributed by atoms with Crippen LogP contribution in [-0.4, -0.2) is 23.7 Å².